The van der Waals surface area contributed by atoms with Crippen molar-refractivity contribution in [2.24, 2.45) is 5.92 Å². The monoisotopic (exact) mass is 294 g/mol. The number of halogens is 1. The standard InChI is InChI=1S/C16H23ClN2O/c1-4-20-11-19-10-13(9-18-8-12(2)3)15-6-5-14(17)7-16(15)19/h5-7,10,12,18H,4,8-9,11H2,1-3H3. The molecule has 1 aromatic carbocycles. The summed E-state index contributed by atoms with van der Waals surface area (Å²) in [4.78, 5) is 0. The van der Waals surface area contributed by atoms with Gasteiger partial charge in [-0.1, -0.05) is 31.5 Å². The van der Waals surface area contributed by atoms with Crippen LogP contribution in [-0.4, -0.2) is 17.7 Å². The van der Waals surface area contributed by atoms with E-state index in [0.29, 0.717) is 19.3 Å². The molecule has 0 bridgehead atoms. The molecule has 1 N–H and O–H groups in total. The molecule has 0 amide bonds. The van der Waals surface area contributed by atoms with Crippen LogP contribution >= 0.6 is 11.6 Å². The maximum Gasteiger partial charge on any atom is 0.122 e. The lowest BCUT2D eigenvalue weighted by Gasteiger charge is -2.06. The van der Waals surface area contributed by atoms with Crippen LogP contribution in [0.2, 0.25) is 5.02 Å². The molecule has 0 atom stereocenters. The first-order valence-electron chi connectivity index (χ1n) is 7.17. The van der Waals surface area contributed by atoms with E-state index in [0.717, 1.165) is 23.6 Å². The lowest BCUT2D eigenvalue weighted by molar-refractivity contribution is 0.0908. The fourth-order valence-corrected chi connectivity index (χ4v) is 2.44. The number of ether oxygens (including phenoxy) is 1. The van der Waals surface area contributed by atoms with Crippen LogP contribution < -0.4 is 5.32 Å². The minimum Gasteiger partial charge on any atom is -0.361 e. The summed E-state index contributed by atoms with van der Waals surface area (Å²) in [7, 11) is 0. The smallest absolute Gasteiger partial charge is 0.122 e. The molecule has 0 saturated carbocycles. The summed E-state index contributed by atoms with van der Waals surface area (Å²) in [5.41, 5.74) is 2.42. The lowest BCUT2D eigenvalue weighted by atomic mass is 10.1. The Morgan fingerprint density at radius 1 is 1.35 bits per heavy atom. The van der Waals surface area contributed by atoms with Gasteiger partial charge < -0.3 is 14.6 Å². The van der Waals surface area contributed by atoms with Crippen molar-refractivity contribution in [2.75, 3.05) is 13.2 Å². The molecule has 0 aliphatic heterocycles. The topological polar surface area (TPSA) is 26.2 Å². The maximum absolute atomic E-state index is 6.11. The SMILES string of the molecule is CCOCn1cc(CNCC(C)C)c2ccc(Cl)cc21. The van der Waals surface area contributed by atoms with Crippen molar-refractivity contribution in [3.63, 3.8) is 0 Å². The number of benzene rings is 1. The first-order chi connectivity index (χ1) is 9.61. The van der Waals surface area contributed by atoms with Gasteiger partial charge in [-0.25, -0.2) is 0 Å². The van der Waals surface area contributed by atoms with Crippen LogP contribution in [0.3, 0.4) is 0 Å². The highest BCUT2D eigenvalue weighted by molar-refractivity contribution is 6.31. The van der Waals surface area contributed by atoms with Gasteiger partial charge in [0.25, 0.3) is 0 Å². The molecule has 0 unspecified atom stereocenters. The molecule has 3 nitrogen and oxygen atoms in total. The fourth-order valence-electron chi connectivity index (χ4n) is 2.27. The molecule has 1 heterocycles. The Morgan fingerprint density at radius 3 is 2.85 bits per heavy atom. The van der Waals surface area contributed by atoms with Gasteiger partial charge in [0.2, 0.25) is 0 Å². The largest absolute Gasteiger partial charge is 0.361 e. The number of hydrogen-bond acceptors (Lipinski definition) is 2. The van der Waals surface area contributed by atoms with Gasteiger partial charge in [0, 0.05) is 29.8 Å². The molecular formula is C16H23ClN2O. The first-order valence-corrected chi connectivity index (χ1v) is 7.55. The highest BCUT2D eigenvalue weighted by Crippen LogP contribution is 2.25. The molecule has 110 valence electrons. The van der Waals surface area contributed by atoms with E-state index in [1.807, 2.05) is 19.1 Å². The van der Waals surface area contributed by atoms with Gasteiger partial charge in [-0.15, -0.1) is 0 Å². The Labute approximate surface area is 125 Å². The zero-order valence-corrected chi connectivity index (χ0v) is 13.2. The average molecular weight is 295 g/mol. The van der Waals surface area contributed by atoms with Gasteiger partial charge in [0.15, 0.2) is 0 Å². The Morgan fingerprint density at radius 2 is 2.15 bits per heavy atom. The third-order valence-electron chi connectivity index (χ3n) is 3.23. The van der Waals surface area contributed by atoms with Crippen molar-refractivity contribution < 1.29 is 4.74 Å². The van der Waals surface area contributed by atoms with Gasteiger partial charge in [-0.3, -0.25) is 0 Å². The Balaban J connectivity index is 2.24. The minimum absolute atomic E-state index is 0.567. The summed E-state index contributed by atoms with van der Waals surface area (Å²) in [5.74, 6) is 0.654. The zero-order chi connectivity index (χ0) is 14.5. The van der Waals surface area contributed by atoms with Crippen molar-refractivity contribution >= 4 is 22.5 Å². The van der Waals surface area contributed by atoms with Crippen LogP contribution in [0.25, 0.3) is 10.9 Å². The molecule has 2 rings (SSSR count). The van der Waals surface area contributed by atoms with E-state index in [4.69, 9.17) is 16.3 Å². The van der Waals surface area contributed by atoms with Crippen LogP contribution in [0.4, 0.5) is 0 Å². The highest BCUT2D eigenvalue weighted by Gasteiger charge is 2.09. The van der Waals surface area contributed by atoms with Gasteiger partial charge >= 0.3 is 0 Å². The van der Waals surface area contributed by atoms with Gasteiger partial charge in [0.1, 0.15) is 6.73 Å². The van der Waals surface area contributed by atoms with Crippen LogP contribution in [0, 0.1) is 5.92 Å². The summed E-state index contributed by atoms with van der Waals surface area (Å²) < 4.78 is 7.65. The molecule has 0 spiro atoms. The number of rotatable bonds is 7. The predicted octanol–water partition coefficient (Wildman–Crippen LogP) is 4.03. The normalized spacial score (nSPS) is 11.7. The molecule has 0 fully saturated rings. The molecule has 20 heavy (non-hydrogen) atoms. The van der Waals surface area contributed by atoms with Crippen LogP contribution in [0.5, 0.6) is 0 Å². The fraction of sp³-hybridized carbons (Fsp3) is 0.500. The van der Waals surface area contributed by atoms with Crippen molar-refractivity contribution in [3.8, 4) is 0 Å². The number of hydrogen-bond donors (Lipinski definition) is 1. The molecular weight excluding hydrogens is 272 g/mol. The maximum atomic E-state index is 6.11. The second-order valence-corrected chi connectivity index (χ2v) is 5.87. The third kappa shape index (κ3) is 3.75. The van der Waals surface area contributed by atoms with Crippen molar-refractivity contribution in [1.29, 1.82) is 0 Å². The molecule has 0 saturated heterocycles. The van der Waals surface area contributed by atoms with Gasteiger partial charge in [0.05, 0.1) is 5.52 Å². The highest BCUT2D eigenvalue weighted by atomic mass is 35.5. The number of aromatic nitrogens is 1. The zero-order valence-electron chi connectivity index (χ0n) is 12.4. The number of nitrogens with zero attached hydrogens (tertiary/aromatic N) is 1. The van der Waals surface area contributed by atoms with E-state index in [1.54, 1.807) is 0 Å². The van der Waals surface area contributed by atoms with Crippen molar-refractivity contribution in [2.45, 2.75) is 34.0 Å². The van der Waals surface area contributed by atoms with E-state index in [1.165, 1.54) is 10.9 Å². The van der Waals surface area contributed by atoms with Crippen LogP contribution in [-0.2, 0) is 18.0 Å². The van der Waals surface area contributed by atoms with E-state index in [9.17, 15) is 0 Å². The van der Waals surface area contributed by atoms with Gasteiger partial charge in [-0.2, -0.15) is 0 Å². The van der Waals surface area contributed by atoms with Crippen LogP contribution in [0.15, 0.2) is 24.4 Å². The lowest BCUT2D eigenvalue weighted by Crippen LogP contribution is -2.18. The number of fused-ring (bicyclic) bond motifs is 1. The Bertz CT molecular complexity index is 563. The molecule has 0 radical (unpaired) electrons. The Kier molecular flexibility index (Phi) is 5.46. The summed E-state index contributed by atoms with van der Waals surface area (Å²) >= 11 is 6.11. The predicted molar refractivity (Wildman–Crippen MR) is 85.1 cm³/mol. The summed E-state index contributed by atoms with van der Waals surface area (Å²) in [5, 5.41) is 5.49. The van der Waals surface area contributed by atoms with Gasteiger partial charge in [-0.05, 0) is 37.1 Å². The van der Waals surface area contributed by atoms with E-state index < -0.39 is 0 Å². The molecule has 1 aromatic heterocycles. The second kappa shape index (κ2) is 7.11. The van der Waals surface area contributed by atoms with E-state index in [2.05, 4.69) is 36.0 Å². The van der Waals surface area contributed by atoms with E-state index >= 15 is 0 Å². The number of nitrogens with one attached hydrogen (secondary N) is 1. The summed E-state index contributed by atoms with van der Waals surface area (Å²) in [6.07, 6.45) is 2.16. The molecule has 4 heteroatoms. The third-order valence-corrected chi connectivity index (χ3v) is 3.46. The molecule has 2 aromatic rings. The summed E-state index contributed by atoms with van der Waals surface area (Å²) in [6.45, 7) is 9.60. The van der Waals surface area contributed by atoms with Crippen molar-refractivity contribution in [1.82, 2.24) is 9.88 Å². The average Bonchev–Trinajstić information content (AvgIpc) is 2.73. The van der Waals surface area contributed by atoms with E-state index in [-0.39, 0.29) is 0 Å². The minimum atomic E-state index is 0.567. The molecule has 0 aliphatic rings. The molecule has 0 aliphatic carbocycles. The summed E-state index contributed by atoms with van der Waals surface area (Å²) in [6, 6.07) is 6.04. The first kappa shape index (κ1) is 15.4. The Hall–Kier alpha value is -1.03. The quantitative estimate of drug-likeness (QED) is 0.834. The van der Waals surface area contributed by atoms with Crippen molar-refractivity contribution in [3.05, 3.63) is 35.0 Å². The van der Waals surface area contributed by atoms with Crippen LogP contribution in [0.1, 0.15) is 26.3 Å². The second-order valence-electron chi connectivity index (χ2n) is 5.43.